The number of nitrogens with zero attached hydrogens (tertiary/aromatic N) is 2. The fourth-order valence-electron chi connectivity index (χ4n) is 4.28. The van der Waals surface area contributed by atoms with Crippen LogP contribution >= 0.6 is 0 Å². The van der Waals surface area contributed by atoms with Gasteiger partial charge in [0.1, 0.15) is 18.4 Å². The van der Waals surface area contributed by atoms with Crippen LogP contribution in [0.1, 0.15) is 43.4 Å². The molecule has 12 heteroatoms. The fourth-order valence-corrected chi connectivity index (χ4v) is 5.68. The van der Waals surface area contributed by atoms with Crippen LogP contribution in [0.5, 0.6) is 0 Å². The molecule has 0 aliphatic heterocycles. The molecule has 0 unspecified atom stereocenters. The second-order valence-electron chi connectivity index (χ2n) is 9.74. The molecule has 1 N–H and O–H groups in total. The molecular weight excluding hydrogens is 574 g/mol. The summed E-state index contributed by atoms with van der Waals surface area (Å²) in [7, 11) is -4.54. The van der Waals surface area contributed by atoms with E-state index in [0.717, 1.165) is 17.7 Å². The van der Waals surface area contributed by atoms with Gasteiger partial charge in [-0.05, 0) is 67.8 Å². The van der Waals surface area contributed by atoms with Gasteiger partial charge in [0.05, 0.1) is 16.1 Å². The monoisotopic (exact) mass is 607 g/mol. The highest BCUT2D eigenvalue weighted by Gasteiger charge is 2.36. The average molecular weight is 608 g/mol. The van der Waals surface area contributed by atoms with Crippen LogP contribution in [0.25, 0.3) is 0 Å². The van der Waals surface area contributed by atoms with E-state index in [1.54, 1.807) is 13.8 Å². The highest BCUT2D eigenvalue weighted by Crippen LogP contribution is 2.33. The number of anilines is 1. The van der Waals surface area contributed by atoms with Gasteiger partial charge in [-0.3, -0.25) is 13.9 Å². The molecule has 0 aliphatic carbocycles. The van der Waals surface area contributed by atoms with Gasteiger partial charge in [-0.15, -0.1) is 0 Å². The van der Waals surface area contributed by atoms with Crippen molar-refractivity contribution < 1.29 is 35.6 Å². The van der Waals surface area contributed by atoms with E-state index in [0.29, 0.717) is 28.9 Å². The number of aryl methyl sites for hydroxylation is 1. The fraction of sp³-hybridized carbons (Fsp3) is 0.333. The summed E-state index contributed by atoms with van der Waals surface area (Å²) in [5.41, 5.74) is -0.238. The maximum Gasteiger partial charge on any atom is 0.416 e. The molecule has 3 aromatic rings. The Morgan fingerprint density at radius 2 is 1.60 bits per heavy atom. The van der Waals surface area contributed by atoms with Crippen LogP contribution in [-0.2, 0) is 32.3 Å². The predicted molar refractivity (Wildman–Crippen MR) is 151 cm³/mol. The summed E-state index contributed by atoms with van der Waals surface area (Å²) in [6.07, 6.45) is -3.97. The summed E-state index contributed by atoms with van der Waals surface area (Å²) >= 11 is 0. The second-order valence-corrected chi connectivity index (χ2v) is 11.6. The summed E-state index contributed by atoms with van der Waals surface area (Å²) < 4.78 is 82.6. The zero-order chi connectivity index (χ0) is 31.1. The molecule has 3 rings (SSSR count). The van der Waals surface area contributed by atoms with Crippen molar-refractivity contribution in [3.05, 3.63) is 95.3 Å². The first-order chi connectivity index (χ1) is 19.8. The van der Waals surface area contributed by atoms with Gasteiger partial charge >= 0.3 is 6.18 Å². The minimum absolute atomic E-state index is 0.163. The van der Waals surface area contributed by atoms with Gasteiger partial charge in [0, 0.05) is 13.1 Å². The van der Waals surface area contributed by atoms with Gasteiger partial charge in [0.15, 0.2) is 0 Å². The van der Waals surface area contributed by atoms with E-state index in [-0.39, 0.29) is 23.5 Å². The Labute approximate surface area is 243 Å². The van der Waals surface area contributed by atoms with Crippen molar-refractivity contribution in [3.63, 3.8) is 0 Å². The van der Waals surface area contributed by atoms with Crippen molar-refractivity contribution in [2.75, 3.05) is 17.4 Å². The van der Waals surface area contributed by atoms with Gasteiger partial charge in [-0.2, -0.15) is 13.2 Å². The van der Waals surface area contributed by atoms with Crippen molar-refractivity contribution in [3.8, 4) is 0 Å². The van der Waals surface area contributed by atoms with E-state index in [1.807, 2.05) is 6.92 Å². The molecule has 0 aromatic heterocycles. The molecule has 2 amide bonds. The molecule has 0 heterocycles. The van der Waals surface area contributed by atoms with Gasteiger partial charge in [0.2, 0.25) is 11.8 Å². The lowest BCUT2D eigenvalue weighted by Crippen LogP contribution is -2.52. The topological polar surface area (TPSA) is 86.8 Å². The highest BCUT2D eigenvalue weighted by atomic mass is 32.2. The third-order valence-corrected chi connectivity index (χ3v) is 8.34. The van der Waals surface area contributed by atoms with E-state index in [1.165, 1.54) is 59.5 Å². The Kier molecular flexibility index (Phi) is 10.7. The zero-order valence-corrected chi connectivity index (χ0v) is 24.3. The minimum Gasteiger partial charge on any atom is -0.354 e. The molecule has 226 valence electrons. The molecule has 0 aliphatic rings. The third kappa shape index (κ3) is 8.09. The molecule has 0 radical (unpaired) electrons. The molecule has 0 saturated carbocycles. The van der Waals surface area contributed by atoms with Crippen LogP contribution < -0.4 is 9.62 Å². The van der Waals surface area contributed by atoms with Crippen molar-refractivity contribution in [1.29, 1.82) is 0 Å². The number of carbonyl (C=O) groups is 2. The summed E-state index contributed by atoms with van der Waals surface area (Å²) in [6, 6.07) is 13.6. The molecule has 0 fully saturated rings. The molecule has 0 bridgehead atoms. The minimum atomic E-state index is -4.77. The lowest BCUT2D eigenvalue weighted by molar-refractivity contribution is -0.140. The number of hydrogen-bond donors (Lipinski definition) is 1. The predicted octanol–water partition coefficient (Wildman–Crippen LogP) is 5.68. The molecule has 0 spiro atoms. The standard InChI is InChI=1S/C30H33F4N3O4S/c1-4-17-35-29(39)27(5-2)36(19-22-11-13-24(31)14-12-22)28(38)20-37(25-8-6-7-23(18-25)30(32,33)34)42(40,41)26-15-9-21(3)10-16-26/h6-16,18,27H,4-5,17,19-20H2,1-3H3,(H,35,39)/t27-/m0/s1. The number of carbonyl (C=O) groups excluding carboxylic acids is 2. The number of hydrogen-bond acceptors (Lipinski definition) is 4. The maximum atomic E-state index is 13.9. The molecule has 7 nitrogen and oxygen atoms in total. The smallest absolute Gasteiger partial charge is 0.354 e. The molecular formula is C30H33F4N3O4S. The number of amides is 2. The largest absolute Gasteiger partial charge is 0.416 e. The normalized spacial score (nSPS) is 12.5. The lowest BCUT2D eigenvalue weighted by Gasteiger charge is -2.33. The number of alkyl halides is 3. The zero-order valence-electron chi connectivity index (χ0n) is 23.5. The number of benzene rings is 3. The van der Waals surface area contributed by atoms with Gasteiger partial charge in [-0.25, -0.2) is 12.8 Å². The Hall–Kier alpha value is -3.93. The molecule has 0 saturated heterocycles. The van der Waals surface area contributed by atoms with E-state index in [2.05, 4.69) is 5.32 Å². The number of sulfonamides is 1. The van der Waals surface area contributed by atoms with E-state index in [9.17, 15) is 35.6 Å². The second kappa shape index (κ2) is 13.8. The summed E-state index contributed by atoms with van der Waals surface area (Å²) in [6.45, 7) is 4.55. The van der Waals surface area contributed by atoms with Crippen molar-refractivity contribution in [1.82, 2.24) is 10.2 Å². The van der Waals surface area contributed by atoms with E-state index >= 15 is 0 Å². The first kappa shape index (κ1) is 32.6. The van der Waals surface area contributed by atoms with Crippen LogP contribution in [0.15, 0.2) is 77.7 Å². The highest BCUT2D eigenvalue weighted by molar-refractivity contribution is 7.92. The third-order valence-electron chi connectivity index (χ3n) is 6.55. The van der Waals surface area contributed by atoms with Crippen LogP contribution in [0, 0.1) is 12.7 Å². The summed E-state index contributed by atoms with van der Waals surface area (Å²) in [5, 5.41) is 2.73. The summed E-state index contributed by atoms with van der Waals surface area (Å²) in [5.74, 6) is -1.81. The Morgan fingerprint density at radius 3 is 2.17 bits per heavy atom. The first-order valence-corrected chi connectivity index (χ1v) is 14.8. The van der Waals surface area contributed by atoms with Crippen molar-refractivity contribution in [2.45, 2.75) is 57.3 Å². The van der Waals surface area contributed by atoms with Crippen LogP contribution in [-0.4, -0.2) is 44.3 Å². The molecule has 3 aromatic carbocycles. The van der Waals surface area contributed by atoms with Gasteiger partial charge in [0.25, 0.3) is 10.0 Å². The summed E-state index contributed by atoms with van der Waals surface area (Å²) in [4.78, 5) is 27.9. The van der Waals surface area contributed by atoms with Gasteiger partial charge < -0.3 is 10.2 Å². The van der Waals surface area contributed by atoms with Crippen molar-refractivity contribution in [2.24, 2.45) is 0 Å². The van der Waals surface area contributed by atoms with E-state index < -0.39 is 52.0 Å². The van der Waals surface area contributed by atoms with Crippen LogP contribution in [0.4, 0.5) is 23.2 Å². The van der Waals surface area contributed by atoms with Crippen LogP contribution in [0.2, 0.25) is 0 Å². The van der Waals surface area contributed by atoms with Crippen LogP contribution in [0.3, 0.4) is 0 Å². The lowest BCUT2D eigenvalue weighted by atomic mass is 10.1. The quantitative estimate of drug-likeness (QED) is 0.269. The van der Waals surface area contributed by atoms with Crippen molar-refractivity contribution >= 4 is 27.5 Å². The Balaban J connectivity index is 2.11. The number of nitrogens with one attached hydrogen (secondary N) is 1. The molecule has 1 atom stereocenters. The maximum absolute atomic E-state index is 13.9. The number of rotatable bonds is 12. The van der Waals surface area contributed by atoms with Gasteiger partial charge in [-0.1, -0.05) is 49.7 Å². The Morgan fingerprint density at radius 1 is 0.952 bits per heavy atom. The van der Waals surface area contributed by atoms with E-state index in [4.69, 9.17) is 0 Å². The SMILES string of the molecule is CCCNC(=O)[C@H](CC)N(Cc1ccc(F)cc1)C(=O)CN(c1cccc(C(F)(F)F)c1)S(=O)(=O)c1ccc(C)cc1. The number of halogens is 4. The first-order valence-electron chi connectivity index (χ1n) is 13.4. The Bertz CT molecular complexity index is 1480. The molecule has 42 heavy (non-hydrogen) atoms. The average Bonchev–Trinajstić information content (AvgIpc) is 2.95.